The Hall–Kier alpha value is -0.410. The van der Waals surface area contributed by atoms with Gasteiger partial charge in [-0.3, -0.25) is 10.5 Å². The molecule has 0 rings (SSSR count). The normalized spacial score (nSPS) is 7.56. The first kappa shape index (κ1) is 11.4. The quantitative estimate of drug-likeness (QED) is 0.457. The van der Waals surface area contributed by atoms with Gasteiger partial charge in [0, 0.05) is 6.42 Å². The van der Waals surface area contributed by atoms with Crippen molar-refractivity contribution in [3.8, 4) is 0 Å². The zero-order valence-electron chi connectivity index (χ0n) is 5.92. The zero-order valence-corrected chi connectivity index (χ0v) is 5.92. The molecule has 0 aliphatic carbocycles. The number of carbonyl (C=O) groups is 1. The Balaban J connectivity index is 0. The molecule has 3 heteroatoms. The molecule has 0 bridgehead atoms. The van der Waals surface area contributed by atoms with E-state index in [0.29, 0.717) is 5.78 Å². The van der Waals surface area contributed by atoms with Crippen molar-refractivity contribution in [2.24, 2.45) is 0 Å². The highest BCUT2D eigenvalue weighted by molar-refractivity contribution is 5.75. The molecule has 0 saturated heterocycles. The molecule has 0 radical (unpaired) electrons. The number of carbonyl (C=O) groups excluding carboxylic acids is 1. The van der Waals surface area contributed by atoms with Crippen LogP contribution in [-0.4, -0.2) is 16.3 Å². The summed E-state index contributed by atoms with van der Waals surface area (Å²) in [6, 6.07) is 0. The van der Waals surface area contributed by atoms with Gasteiger partial charge in [-0.25, -0.2) is 0 Å². The highest BCUT2D eigenvalue weighted by Crippen LogP contribution is 1.92. The molecule has 0 aromatic heterocycles. The summed E-state index contributed by atoms with van der Waals surface area (Å²) in [6.45, 7) is 3.72. The molecule has 56 valence electrons. The maximum Gasteiger partial charge on any atom is 0.129 e. The standard InChI is InChI=1S/C6H12O.H2O2/c1-3-4-5-6(2)7;1-2/h3-5H2,1-2H3;1-2H. The number of unbranched alkanes of at least 4 members (excludes halogenated alkanes) is 1. The van der Waals surface area contributed by atoms with Crippen molar-refractivity contribution in [1.82, 2.24) is 0 Å². The minimum Gasteiger partial charge on any atom is -0.300 e. The number of ketones is 1. The van der Waals surface area contributed by atoms with Crippen LogP contribution in [0.25, 0.3) is 0 Å². The fourth-order valence-electron chi connectivity index (χ4n) is 0.426. The molecule has 0 spiro atoms. The average molecular weight is 134 g/mol. The van der Waals surface area contributed by atoms with Crippen molar-refractivity contribution < 1.29 is 15.3 Å². The first-order chi connectivity index (χ1) is 4.27. The van der Waals surface area contributed by atoms with E-state index in [1.165, 1.54) is 0 Å². The van der Waals surface area contributed by atoms with Gasteiger partial charge in [0.05, 0.1) is 0 Å². The molecule has 0 aromatic rings. The van der Waals surface area contributed by atoms with Gasteiger partial charge in [0.2, 0.25) is 0 Å². The summed E-state index contributed by atoms with van der Waals surface area (Å²) in [4.78, 5) is 10.2. The van der Waals surface area contributed by atoms with Gasteiger partial charge in [-0.05, 0) is 13.3 Å². The molecule has 0 saturated carbocycles. The SMILES string of the molecule is CCCCC(C)=O.OO. The van der Waals surface area contributed by atoms with Gasteiger partial charge in [-0.15, -0.1) is 0 Å². The van der Waals surface area contributed by atoms with Gasteiger partial charge in [-0.2, -0.15) is 0 Å². The molecule has 0 aromatic carbocycles. The second-order valence-electron chi connectivity index (χ2n) is 1.81. The van der Waals surface area contributed by atoms with E-state index in [1.54, 1.807) is 6.92 Å². The number of Topliss-reactive ketones (excluding diaryl/α,β-unsaturated/α-hetero) is 1. The Bertz CT molecular complexity index is 61.3. The van der Waals surface area contributed by atoms with Gasteiger partial charge in [-0.1, -0.05) is 13.3 Å². The van der Waals surface area contributed by atoms with E-state index in [2.05, 4.69) is 6.92 Å². The molecule has 0 fully saturated rings. The molecule has 0 amide bonds. The van der Waals surface area contributed by atoms with Crippen LogP contribution in [0.5, 0.6) is 0 Å². The Labute approximate surface area is 55.2 Å². The van der Waals surface area contributed by atoms with Crippen molar-refractivity contribution in [3.63, 3.8) is 0 Å². The van der Waals surface area contributed by atoms with Crippen LogP contribution in [0.1, 0.15) is 33.1 Å². The first-order valence-corrected chi connectivity index (χ1v) is 2.96. The van der Waals surface area contributed by atoms with Crippen LogP contribution in [0.15, 0.2) is 0 Å². The molecule has 0 heterocycles. The van der Waals surface area contributed by atoms with E-state index in [1.807, 2.05) is 0 Å². The predicted molar refractivity (Wildman–Crippen MR) is 35.5 cm³/mol. The van der Waals surface area contributed by atoms with Gasteiger partial charge in [0.1, 0.15) is 5.78 Å². The van der Waals surface area contributed by atoms with E-state index >= 15 is 0 Å². The van der Waals surface area contributed by atoms with Crippen LogP contribution in [0.3, 0.4) is 0 Å². The molecule has 0 atom stereocenters. The molecule has 3 nitrogen and oxygen atoms in total. The van der Waals surface area contributed by atoms with Gasteiger partial charge in [0.15, 0.2) is 0 Å². The third kappa shape index (κ3) is 18.4. The lowest BCUT2D eigenvalue weighted by atomic mass is 10.2. The average Bonchev–Trinajstić information content (AvgIpc) is 1.88. The largest absolute Gasteiger partial charge is 0.300 e. The molecular weight excluding hydrogens is 120 g/mol. The number of hydrogen-bond acceptors (Lipinski definition) is 3. The summed E-state index contributed by atoms with van der Waals surface area (Å²) in [5.74, 6) is 0.307. The molecule has 2 N–H and O–H groups in total. The van der Waals surface area contributed by atoms with Crippen molar-refractivity contribution in [2.75, 3.05) is 0 Å². The number of hydrogen-bond donors (Lipinski definition) is 2. The molecular formula is C6H14O3. The van der Waals surface area contributed by atoms with Crippen LogP contribution in [-0.2, 0) is 4.79 Å². The highest BCUT2D eigenvalue weighted by Gasteiger charge is 1.87. The Morgan fingerprint density at radius 2 is 1.89 bits per heavy atom. The van der Waals surface area contributed by atoms with Crippen LogP contribution in [0, 0.1) is 0 Å². The summed E-state index contributed by atoms with van der Waals surface area (Å²) in [7, 11) is 0. The summed E-state index contributed by atoms with van der Waals surface area (Å²) in [5, 5.41) is 12.0. The second kappa shape index (κ2) is 10.5. The fraction of sp³-hybridized carbons (Fsp3) is 0.833. The second-order valence-corrected chi connectivity index (χ2v) is 1.81. The van der Waals surface area contributed by atoms with Crippen LogP contribution >= 0.6 is 0 Å². The van der Waals surface area contributed by atoms with E-state index in [-0.39, 0.29) is 0 Å². The summed E-state index contributed by atoms with van der Waals surface area (Å²) in [5.41, 5.74) is 0. The summed E-state index contributed by atoms with van der Waals surface area (Å²) < 4.78 is 0. The topological polar surface area (TPSA) is 57.5 Å². The summed E-state index contributed by atoms with van der Waals surface area (Å²) in [6.07, 6.45) is 2.94. The fourth-order valence-corrected chi connectivity index (χ4v) is 0.426. The predicted octanol–water partition coefficient (Wildman–Crippen LogP) is 1.78. The number of rotatable bonds is 3. The van der Waals surface area contributed by atoms with E-state index in [0.717, 1.165) is 19.3 Å². The van der Waals surface area contributed by atoms with Crippen LogP contribution in [0.4, 0.5) is 0 Å². The van der Waals surface area contributed by atoms with Crippen molar-refractivity contribution >= 4 is 5.78 Å². The monoisotopic (exact) mass is 134 g/mol. The Kier molecular flexibility index (Phi) is 13.4. The summed E-state index contributed by atoms with van der Waals surface area (Å²) >= 11 is 0. The van der Waals surface area contributed by atoms with Crippen LogP contribution < -0.4 is 0 Å². The lowest BCUT2D eigenvalue weighted by Gasteiger charge is -1.86. The maximum absolute atomic E-state index is 10.2. The zero-order chi connectivity index (χ0) is 7.70. The van der Waals surface area contributed by atoms with Crippen molar-refractivity contribution in [2.45, 2.75) is 33.1 Å². The van der Waals surface area contributed by atoms with Crippen LogP contribution in [0.2, 0.25) is 0 Å². The molecule has 0 aliphatic heterocycles. The van der Waals surface area contributed by atoms with E-state index < -0.39 is 0 Å². The molecule has 9 heavy (non-hydrogen) atoms. The smallest absolute Gasteiger partial charge is 0.129 e. The third-order valence-corrected chi connectivity index (χ3v) is 0.882. The van der Waals surface area contributed by atoms with Crippen molar-refractivity contribution in [1.29, 1.82) is 0 Å². The lowest BCUT2D eigenvalue weighted by molar-refractivity contribution is -0.176. The Morgan fingerprint density at radius 1 is 1.44 bits per heavy atom. The third-order valence-electron chi connectivity index (χ3n) is 0.882. The first-order valence-electron chi connectivity index (χ1n) is 2.96. The van der Waals surface area contributed by atoms with E-state index in [9.17, 15) is 4.79 Å². The maximum atomic E-state index is 10.2. The van der Waals surface area contributed by atoms with Gasteiger partial charge in [0.25, 0.3) is 0 Å². The highest BCUT2D eigenvalue weighted by atomic mass is 17.0. The minimum atomic E-state index is 0.307. The van der Waals surface area contributed by atoms with Gasteiger partial charge < -0.3 is 4.79 Å². The van der Waals surface area contributed by atoms with Gasteiger partial charge >= 0.3 is 0 Å². The lowest BCUT2D eigenvalue weighted by Crippen LogP contribution is -1.86. The minimum absolute atomic E-state index is 0.307. The molecule has 0 unspecified atom stereocenters. The molecule has 0 aliphatic rings. The Morgan fingerprint density at radius 3 is 2.00 bits per heavy atom. The van der Waals surface area contributed by atoms with E-state index in [4.69, 9.17) is 10.5 Å². The van der Waals surface area contributed by atoms with Crippen molar-refractivity contribution in [3.05, 3.63) is 0 Å².